The minimum absolute atomic E-state index is 0.0715. The fourth-order valence-corrected chi connectivity index (χ4v) is 5.00. The van der Waals surface area contributed by atoms with Gasteiger partial charge in [-0.05, 0) is 73.9 Å². The summed E-state index contributed by atoms with van der Waals surface area (Å²) in [6.45, 7) is 5.29. The molecule has 0 spiro atoms. The molecule has 3 aliphatic rings. The van der Waals surface area contributed by atoms with E-state index in [1.807, 2.05) is 49.5 Å². The number of fused-ring (bicyclic) bond motifs is 1. The molecule has 33 heavy (non-hydrogen) atoms. The summed E-state index contributed by atoms with van der Waals surface area (Å²) in [4.78, 5) is 19.1. The van der Waals surface area contributed by atoms with Crippen molar-refractivity contribution in [1.29, 1.82) is 5.41 Å². The number of nitrogens with zero attached hydrogens (tertiary/aromatic N) is 5. The zero-order valence-corrected chi connectivity index (χ0v) is 19.3. The van der Waals surface area contributed by atoms with Gasteiger partial charge in [0.15, 0.2) is 11.0 Å². The standard InChI is InChI=1S/C24H26N6O2S/c1-17-7-4-9-19(15-17)32-14-6-13-28-12-5-8-18(28)16-20-21(25)30-23(26-22(20)31)33-24(27-30)29-10-2-3-11-29/h4-5,7-9,12,15-16,25H,2-3,6,10-11,13-14H2,1H3/b20-16+,25-21?. The maximum absolute atomic E-state index is 12.7. The lowest BCUT2D eigenvalue weighted by Gasteiger charge is -2.20. The van der Waals surface area contributed by atoms with Gasteiger partial charge in [0.2, 0.25) is 5.17 Å². The topological polar surface area (TPSA) is 86.3 Å². The first-order valence-corrected chi connectivity index (χ1v) is 12.0. The van der Waals surface area contributed by atoms with Crippen molar-refractivity contribution in [2.75, 3.05) is 19.7 Å². The van der Waals surface area contributed by atoms with Gasteiger partial charge in [-0.25, -0.2) is 0 Å². The van der Waals surface area contributed by atoms with Gasteiger partial charge in [-0.3, -0.25) is 10.2 Å². The predicted octanol–water partition coefficient (Wildman–Crippen LogP) is 3.94. The number of amides is 1. The molecule has 1 fully saturated rings. The molecule has 8 nitrogen and oxygen atoms in total. The number of carbonyl (C=O) groups is 1. The summed E-state index contributed by atoms with van der Waals surface area (Å²) in [7, 11) is 0. The maximum atomic E-state index is 12.7. The predicted molar refractivity (Wildman–Crippen MR) is 132 cm³/mol. The van der Waals surface area contributed by atoms with Crippen molar-refractivity contribution in [1.82, 2.24) is 14.5 Å². The Bertz CT molecular complexity index is 1180. The van der Waals surface area contributed by atoms with Crippen molar-refractivity contribution in [3.05, 3.63) is 59.4 Å². The lowest BCUT2D eigenvalue weighted by atomic mass is 10.1. The lowest BCUT2D eigenvalue weighted by Crippen LogP contribution is -2.35. The van der Waals surface area contributed by atoms with Gasteiger partial charge in [0.1, 0.15) is 5.75 Å². The van der Waals surface area contributed by atoms with E-state index in [0.29, 0.717) is 11.8 Å². The summed E-state index contributed by atoms with van der Waals surface area (Å²) >= 11 is 1.37. The molecule has 1 saturated heterocycles. The SMILES string of the molecule is Cc1cccc(OCCCn2cccc2/C=C2\C(=N)N3N=C(N4CCCC4)SC3=NC2=O)c1. The van der Waals surface area contributed by atoms with Gasteiger partial charge in [0, 0.05) is 31.5 Å². The molecule has 1 amide bonds. The second kappa shape index (κ2) is 9.27. The molecule has 5 rings (SSSR count). The number of aromatic nitrogens is 1. The van der Waals surface area contributed by atoms with Crippen molar-refractivity contribution < 1.29 is 9.53 Å². The Morgan fingerprint density at radius 1 is 1.18 bits per heavy atom. The Balaban J connectivity index is 1.26. The molecule has 1 aromatic heterocycles. The van der Waals surface area contributed by atoms with E-state index in [2.05, 4.69) is 19.6 Å². The number of carbonyl (C=O) groups excluding carboxylic acids is 1. The number of rotatable bonds is 6. The average Bonchev–Trinajstić information content (AvgIpc) is 3.55. The van der Waals surface area contributed by atoms with Gasteiger partial charge in [0.25, 0.3) is 5.91 Å². The summed E-state index contributed by atoms with van der Waals surface area (Å²) < 4.78 is 7.91. The quantitative estimate of drug-likeness (QED) is 0.519. The van der Waals surface area contributed by atoms with Crippen LogP contribution in [0.25, 0.3) is 6.08 Å². The Morgan fingerprint density at radius 2 is 2.03 bits per heavy atom. The minimum atomic E-state index is -0.396. The first-order chi connectivity index (χ1) is 16.1. The third kappa shape index (κ3) is 4.59. The highest BCUT2D eigenvalue weighted by molar-refractivity contribution is 8.26. The molecule has 3 aliphatic heterocycles. The smallest absolute Gasteiger partial charge is 0.283 e. The van der Waals surface area contributed by atoms with E-state index in [-0.39, 0.29) is 11.4 Å². The normalized spacial score (nSPS) is 19.2. The van der Waals surface area contributed by atoms with Gasteiger partial charge in [-0.2, -0.15) is 10.0 Å². The molecule has 0 bridgehead atoms. The first kappa shape index (κ1) is 21.5. The van der Waals surface area contributed by atoms with Crippen molar-refractivity contribution in [3.63, 3.8) is 0 Å². The lowest BCUT2D eigenvalue weighted by molar-refractivity contribution is -0.114. The Labute approximate surface area is 197 Å². The molecule has 0 aliphatic carbocycles. The third-order valence-electron chi connectivity index (χ3n) is 5.78. The van der Waals surface area contributed by atoms with E-state index >= 15 is 0 Å². The van der Waals surface area contributed by atoms with Crippen LogP contribution in [0.2, 0.25) is 0 Å². The molecule has 1 N–H and O–H groups in total. The van der Waals surface area contributed by atoms with Crippen LogP contribution in [-0.4, -0.2) is 56.3 Å². The number of hydrazone groups is 1. The fraction of sp³-hybridized carbons (Fsp3) is 0.333. The number of aryl methyl sites for hydroxylation is 2. The fourth-order valence-electron chi connectivity index (χ4n) is 4.06. The number of amidine groups is 3. The average molecular weight is 463 g/mol. The van der Waals surface area contributed by atoms with Crippen LogP contribution in [0.1, 0.15) is 30.5 Å². The summed E-state index contributed by atoms with van der Waals surface area (Å²) in [6.07, 6.45) is 6.81. The van der Waals surface area contributed by atoms with E-state index in [1.165, 1.54) is 22.3 Å². The summed E-state index contributed by atoms with van der Waals surface area (Å²) in [6, 6.07) is 11.9. The molecule has 1 aromatic carbocycles. The summed E-state index contributed by atoms with van der Waals surface area (Å²) in [5.41, 5.74) is 2.28. The van der Waals surface area contributed by atoms with E-state index in [9.17, 15) is 4.79 Å². The molecular formula is C24H26N6O2S. The highest BCUT2D eigenvalue weighted by atomic mass is 32.2. The molecule has 0 atom stereocenters. The number of thioether (sulfide) groups is 1. The molecular weight excluding hydrogens is 436 g/mol. The van der Waals surface area contributed by atoms with Gasteiger partial charge in [-0.15, -0.1) is 5.10 Å². The minimum Gasteiger partial charge on any atom is -0.494 e. The zero-order chi connectivity index (χ0) is 22.8. The van der Waals surface area contributed by atoms with Gasteiger partial charge in [0.05, 0.1) is 12.2 Å². The van der Waals surface area contributed by atoms with Crippen LogP contribution in [0.4, 0.5) is 0 Å². The molecule has 4 heterocycles. The zero-order valence-electron chi connectivity index (χ0n) is 18.5. The highest BCUT2D eigenvalue weighted by Gasteiger charge is 2.37. The molecule has 0 saturated carbocycles. The number of hydrogen-bond donors (Lipinski definition) is 1. The molecule has 170 valence electrons. The summed E-state index contributed by atoms with van der Waals surface area (Å²) in [5, 5.41) is 15.9. The molecule has 9 heteroatoms. The molecule has 2 aromatic rings. The second-order valence-electron chi connectivity index (χ2n) is 8.24. The number of hydrogen-bond acceptors (Lipinski definition) is 6. The third-order valence-corrected chi connectivity index (χ3v) is 6.75. The summed E-state index contributed by atoms with van der Waals surface area (Å²) in [5.74, 6) is 0.548. The number of benzene rings is 1. The largest absolute Gasteiger partial charge is 0.494 e. The van der Waals surface area contributed by atoms with Gasteiger partial charge >= 0.3 is 0 Å². The van der Waals surface area contributed by atoms with Crippen LogP contribution in [0.3, 0.4) is 0 Å². The highest BCUT2D eigenvalue weighted by Crippen LogP contribution is 2.30. The van der Waals surface area contributed by atoms with E-state index in [0.717, 1.165) is 55.5 Å². The number of aliphatic imine (C=N–C) groups is 1. The number of likely N-dealkylation sites (tertiary alicyclic amines) is 1. The first-order valence-electron chi connectivity index (χ1n) is 11.2. The van der Waals surface area contributed by atoms with Crippen molar-refractivity contribution in [2.45, 2.75) is 32.7 Å². The number of ether oxygens (including phenoxy) is 1. The Hall–Kier alpha value is -3.33. The van der Waals surface area contributed by atoms with Crippen LogP contribution in [0, 0.1) is 12.3 Å². The van der Waals surface area contributed by atoms with Crippen LogP contribution in [-0.2, 0) is 11.3 Å². The van der Waals surface area contributed by atoms with Crippen LogP contribution >= 0.6 is 11.8 Å². The monoisotopic (exact) mass is 462 g/mol. The van der Waals surface area contributed by atoms with Crippen molar-refractivity contribution in [3.8, 4) is 5.75 Å². The Morgan fingerprint density at radius 3 is 2.85 bits per heavy atom. The van der Waals surface area contributed by atoms with Crippen LogP contribution in [0.15, 0.2) is 58.3 Å². The molecule has 0 radical (unpaired) electrons. The van der Waals surface area contributed by atoms with Crippen molar-refractivity contribution >= 4 is 39.9 Å². The van der Waals surface area contributed by atoms with Gasteiger partial charge < -0.3 is 14.2 Å². The maximum Gasteiger partial charge on any atom is 0.283 e. The van der Waals surface area contributed by atoms with E-state index < -0.39 is 5.91 Å². The van der Waals surface area contributed by atoms with Gasteiger partial charge in [-0.1, -0.05) is 12.1 Å². The van der Waals surface area contributed by atoms with E-state index in [1.54, 1.807) is 6.08 Å². The van der Waals surface area contributed by atoms with Crippen LogP contribution in [0.5, 0.6) is 5.75 Å². The Kier molecular flexibility index (Phi) is 6.04. The van der Waals surface area contributed by atoms with E-state index in [4.69, 9.17) is 10.1 Å². The number of nitrogens with one attached hydrogen (secondary N) is 1. The van der Waals surface area contributed by atoms with Crippen LogP contribution < -0.4 is 4.74 Å². The van der Waals surface area contributed by atoms with Crippen molar-refractivity contribution in [2.24, 2.45) is 10.1 Å². The second-order valence-corrected chi connectivity index (χ2v) is 9.18. The molecule has 0 unspecified atom stereocenters.